The van der Waals surface area contributed by atoms with Crippen LogP contribution in [0.5, 0.6) is 0 Å². The van der Waals surface area contributed by atoms with E-state index in [0.29, 0.717) is 11.3 Å². The van der Waals surface area contributed by atoms with E-state index in [-0.39, 0.29) is 18.9 Å². The highest BCUT2D eigenvalue weighted by Crippen LogP contribution is 2.24. The van der Waals surface area contributed by atoms with Crippen molar-refractivity contribution in [2.45, 2.75) is 6.42 Å². The maximum absolute atomic E-state index is 12.2. The van der Waals surface area contributed by atoms with Crippen molar-refractivity contribution in [3.63, 3.8) is 0 Å². The first-order valence-electron chi connectivity index (χ1n) is 5.88. The van der Waals surface area contributed by atoms with Crippen LogP contribution >= 0.6 is 0 Å². The molecule has 6 heteroatoms. The zero-order chi connectivity index (χ0) is 14.7. The van der Waals surface area contributed by atoms with Crippen molar-refractivity contribution in [3.05, 3.63) is 29.3 Å². The Bertz CT molecular complexity index is 631. The van der Waals surface area contributed by atoms with Gasteiger partial charge in [0.1, 0.15) is 6.54 Å². The summed E-state index contributed by atoms with van der Waals surface area (Å²) in [6, 6.07) is 4.77. The number of nitrogens with zero attached hydrogens (tertiary/aromatic N) is 1. The summed E-state index contributed by atoms with van der Waals surface area (Å²) in [4.78, 5) is 35.2. The van der Waals surface area contributed by atoms with E-state index in [2.05, 4.69) is 11.2 Å². The summed E-state index contributed by atoms with van der Waals surface area (Å²) in [5, 5.41) is 11.4. The minimum absolute atomic E-state index is 0.0887. The molecule has 0 saturated heterocycles. The van der Waals surface area contributed by atoms with Gasteiger partial charge in [-0.25, -0.2) is 0 Å². The normalized spacial score (nSPS) is 12.2. The molecule has 2 rings (SSSR count). The average molecular weight is 272 g/mol. The lowest BCUT2D eigenvalue weighted by atomic mass is 10.1. The van der Waals surface area contributed by atoms with E-state index >= 15 is 0 Å². The highest BCUT2D eigenvalue weighted by molar-refractivity contribution is 6.02. The molecule has 0 aromatic heterocycles. The maximum Gasteiger partial charge on any atom is 0.323 e. The fraction of sp³-hybridized carbons (Fsp3) is 0.214. The Hall–Kier alpha value is -2.81. The highest BCUT2D eigenvalue weighted by atomic mass is 16.4. The van der Waals surface area contributed by atoms with Crippen LogP contribution in [0.3, 0.4) is 0 Å². The van der Waals surface area contributed by atoms with Gasteiger partial charge in [-0.15, -0.1) is 6.42 Å². The largest absolute Gasteiger partial charge is 0.480 e. The van der Waals surface area contributed by atoms with Gasteiger partial charge in [-0.2, -0.15) is 0 Å². The number of terminal acetylenes is 1. The molecule has 0 atom stereocenters. The first-order valence-corrected chi connectivity index (χ1v) is 5.88. The van der Waals surface area contributed by atoms with Gasteiger partial charge in [-0.05, 0) is 17.7 Å². The first kappa shape index (κ1) is 13.6. The van der Waals surface area contributed by atoms with Gasteiger partial charge >= 0.3 is 5.97 Å². The van der Waals surface area contributed by atoms with Crippen molar-refractivity contribution in [3.8, 4) is 12.3 Å². The van der Waals surface area contributed by atoms with Crippen LogP contribution in [0.25, 0.3) is 0 Å². The Morgan fingerprint density at radius 3 is 2.85 bits per heavy atom. The second-order valence-corrected chi connectivity index (χ2v) is 4.36. The summed E-state index contributed by atoms with van der Waals surface area (Å²) in [6.07, 6.45) is 5.42. The molecule has 0 aliphatic carbocycles. The number of hydrogen-bond donors (Lipinski definition) is 2. The molecule has 0 spiro atoms. The molecule has 1 aromatic carbocycles. The number of nitrogens with one attached hydrogen (secondary N) is 1. The zero-order valence-corrected chi connectivity index (χ0v) is 10.5. The van der Waals surface area contributed by atoms with E-state index in [1.54, 1.807) is 12.1 Å². The summed E-state index contributed by atoms with van der Waals surface area (Å²) >= 11 is 0. The molecule has 102 valence electrons. The SMILES string of the molecule is C#CCN(CC(=O)O)C(=O)c1ccc2c(c1)NC(=O)C2. The number of fused-ring (bicyclic) bond motifs is 1. The summed E-state index contributed by atoms with van der Waals surface area (Å²) in [7, 11) is 0. The molecule has 0 radical (unpaired) electrons. The van der Waals surface area contributed by atoms with E-state index in [0.717, 1.165) is 10.5 Å². The molecule has 0 fully saturated rings. The third kappa shape index (κ3) is 2.78. The summed E-state index contributed by atoms with van der Waals surface area (Å²) in [5.74, 6) is 0.513. The predicted molar refractivity (Wildman–Crippen MR) is 71.1 cm³/mol. The van der Waals surface area contributed by atoms with Crippen molar-refractivity contribution < 1.29 is 19.5 Å². The first-order chi connectivity index (χ1) is 9.51. The van der Waals surface area contributed by atoms with Gasteiger partial charge in [-0.3, -0.25) is 14.4 Å². The lowest BCUT2D eigenvalue weighted by Gasteiger charge is -2.18. The average Bonchev–Trinajstić information content (AvgIpc) is 2.75. The summed E-state index contributed by atoms with van der Waals surface area (Å²) in [6.45, 7) is -0.555. The van der Waals surface area contributed by atoms with Crippen LogP contribution in [0, 0.1) is 12.3 Å². The molecule has 2 amide bonds. The number of amides is 2. The van der Waals surface area contributed by atoms with Crippen molar-refractivity contribution in [2.75, 3.05) is 18.4 Å². The molecular formula is C14H12N2O4. The molecule has 20 heavy (non-hydrogen) atoms. The lowest BCUT2D eigenvalue weighted by molar-refractivity contribution is -0.137. The van der Waals surface area contributed by atoms with Gasteiger partial charge in [0.25, 0.3) is 5.91 Å². The van der Waals surface area contributed by atoms with Gasteiger partial charge < -0.3 is 15.3 Å². The second-order valence-electron chi connectivity index (χ2n) is 4.36. The number of rotatable bonds is 4. The van der Waals surface area contributed by atoms with Crippen LogP contribution < -0.4 is 5.32 Å². The molecule has 2 N–H and O–H groups in total. The Kier molecular flexibility index (Phi) is 3.71. The molecule has 1 aromatic rings. The van der Waals surface area contributed by atoms with Crippen LogP contribution in [0.1, 0.15) is 15.9 Å². The Morgan fingerprint density at radius 1 is 1.45 bits per heavy atom. The monoisotopic (exact) mass is 272 g/mol. The summed E-state index contributed by atoms with van der Waals surface area (Å²) < 4.78 is 0. The Balaban J connectivity index is 2.24. The molecular weight excluding hydrogens is 260 g/mol. The van der Waals surface area contributed by atoms with Gasteiger partial charge in [0.05, 0.1) is 13.0 Å². The highest BCUT2D eigenvalue weighted by Gasteiger charge is 2.22. The van der Waals surface area contributed by atoms with Crippen LogP contribution in [-0.4, -0.2) is 40.9 Å². The Labute approximate surface area is 115 Å². The fourth-order valence-corrected chi connectivity index (χ4v) is 2.00. The molecule has 1 aliphatic heterocycles. The number of benzene rings is 1. The maximum atomic E-state index is 12.2. The number of anilines is 1. The molecule has 1 heterocycles. The molecule has 1 aliphatic rings. The lowest BCUT2D eigenvalue weighted by Crippen LogP contribution is -2.36. The van der Waals surface area contributed by atoms with E-state index in [1.807, 2.05) is 0 Å². The minimum Gasteiger partial charge on any atom is -0.480 e. The van der Waals surface area contributed by atoms with Gasteiger partial charge in [0.15, 0.2) is 0 Å². The molecule has 6 nitrogen and oxygen atoms in total. The van der Waals surface area contributed by atoms with Crippen LogP contribution in [0.4, 0.5) is 5.69 Å². The standard InChI is InChI=1S/C14H12N2O4/c1-2-5-16(8-13(18)19)14(20)10-4-3-9-7-12(17)15-11(9)6-10/h1,3-4,6H,5,7-8H2,(H,15,17)(H,18,19). The van der Waals surface area contributed by atoms with E-state index in [1.165, 1.54) is 6.07 Å². The second kappa shape index (κ2) is 5.45. The quantitative estimate of drug-likeness (QED) is 0.774. The van der Waals surface area contributed by atoms with Crippen molar-refractivity contribution >= 4 is 23.5 Å². The number of carboxylic acids is 1. The number of carboxylic acid groups (broad SMARTS) is 1. The number of carbonyl (C=O) groups excluding carboxylic acids is 2. The van der Waals surface area contributed by atoms with Crippen molar-refractivity contribution in [1.82, 2.24) is 4.90 Å². The molecule has 0 saturated carbocycles. The zero-order valence-electron chi connectivity index (χ0n) is 10.5. The minimum atomic E-state index is -1.14. The third-order valence-corrected chi connectivity index (χ3v) is 2.88. The van der Waals surface area contributed by atoms with E-state index in [4.69, 9.17) is 11.5 Å². The topological polar surface area (TPSA) is 86.7 Å². The number of aliphatic carboxylic acids is 1. The number of hydrogen-bond acceptors (Lipinski definition) is 3. The number of carbonyl (C=O) groups is 3. The summed E-state index contributed by atoms with van der Waals surface area (Å²) in [5.41, 5.74) is 1.69. The van der Waals surface area contributed by atoms with E-state index in [9.17, 15) is 14.4 Å². The third-order valence-electron chi connectivity index (χ3n) is 2.88. The fourth-order valence-electron chi connectivity index (χ4n) is 2.00. The predicted octanol–water partition coefficient (Wildman–Crippen LogP) is 0.341. The molecule has 0 unspecified atom stereocenters. The van der Waals surface area contributed by atoms with Gasteiger partial charge in [-0.1, -0.05) is 12.0 Å². The Morgan fingerprint density at radius 2 is 2.20 bits per heavy atom. The molecule has 0 bridgehead atoms. The van der Waals surface area contributed by atoms with Crippen LogP contribution in [-0.2, 0) is 16.0 Å². The van der Waals surface area contributed by atoms with Crippen molar-refractivity contribution in [1.29, 1.82) is 0 Å². The van der Waals surface area contributed by atoms with Gasteiger partial charge in [0, 0.05) is 11.3 Å². The van der Waals surface area contributed by atoms with E-state index < -0.39 is 18.4 Å². The van der Waals surface area contributed by atoms with Crippen LogP contribution in [0.2, 0.25) is 0 Å². The van der Waals surface area contributed by atoms with Crippen molar-refractivity contribution in [2.24, 2.45) is 0 Å². The smallest absolute Gasteiger partial charge is 0.323 e. The van der Waals surface area contributed by atoms with Crippen LogP contribution in [0.15, 0.2) is 18.2 Å². The van der Waals surface area contributed by atoms with Gasteiger partial charge in [0.2, 0.25) is 5.91 Å².